The quantitative estimate of drug-likeness (QED) is 0.224. The van der Waals surface area contributed by atoms with Crippen LogP contribution >= 0.6 is 0 Å². The van der Waals surface area contributed by atoms with Gasteiger partial charge in [-0.05, 0) is 110 Å². The molecule has 4 aromatic carbocycles. The van der Waals surface area contributed by atoms with Gasteiger partial charge < -0.3 is 20.5 Å². The minimum absolute atomic E-state index is 0.486. The van der Waals surface area contributed by atoms with Gasteiger partial charge in [-0.1, -0.05) is 42.5 Å². The van der Waals surface area contributed by atoms with Gasteiger partial charge in [-0.3, -0.25) is 0 Å². The van der Waals surface area contributed by atoms with Crippen LogP contribution in [0.1, 0.15) is 11.1 Å². The van der Waals surface area contributed by atoms with E-state index in [9.17, 15) is 0 Å². The number of hydrogen-bond acceptors (Lipinski definition) is 5. The fourth-order valence-electron chi connectivity index (χ4n) is 4.43. The van der Waals surface area contributed by atoms with Crippen molar-refractivity contribution < 1.29 is 0 Å². The maximum absolute atomic E-state index is 7.68. The van der Waals surface area contributed by atoms with E-state index in [1.807, 2.05) is 42.5 Å². The Morgan fingerprint density at radius 2 is 1.15 bits per heavy atom. The lowest BCUT2D eigenvalue weighted by molar-refractivity contribution is 0.402. The number of allylic oxidation sites excluding steroid dienone is 4. The molecule has 0 radical (unpaired) electrons. The molecule has 2 N–H and O–H groups in total. The second-order valence-corrected chi connectivity index (χ2v) is 9.85. The molecule has 0 spiro atoms. The zero-order valence-corrected chi connectivity index (χ0v) is 22.4. The molecule has 5 heteroatoms. The van der Waals surface area contributed by atoms with Gasteiger partial charge in [0.2, 0.25) is 0 Å². The number of rotatable bonds is 9. The van der Waals surface area contributed by atoms with E-state index in [1.165, 1.54) is 11.1 Å². The summed E-state index contributed by atoms with van der Waals surface area (Å²) in [6.07, 6.45) is 7.26. The number of benzene rings is 4. The average molecular weight is 512 g/mol. The fraction of sp³-hybridized carbons (Fsp3) is 0.118. The van der Waals surface area contributed by atoms with Crippen molar-refractivity contribution >= 4 is 39.9 Å². The first-order chi connectivity index (χ1) is 19.0. The predicted molar refractivity (Wildman–Crippen MR) is 165 cm³/mol. The Morgan fingerprint density at radius 3 is 1.74 bits per heavy atom. The highest BCUT2D eigenvalue weighted by molar-refractivity contribution is 6.18. The van der Waals surface area contributed by atoms with Gasteiger partial charge in [0.05, 0.1) is 17.1 Å². The van der Waals surface area contributed by atoms with Crippen molar-refractivity contribution in [3.63, 3.8) is 0 Å². The Bertz CT molecular complexity index is 1460. The number of hydrogen-bond donors (Lipinski definition) is 2. The van der Waals surface area contributed by atoms with Crippen LogP contribution in [0.3, 0.4) is 0 Å². The monoisotopic (exact) mass is 511 g/mol. The van der Waals surface area contributed by atoms with Gasteiger partial charge in [0, 0.05) is 35.8 Å². The molecule has 4 aromatic rings. The zero-order chi connectivity index (χ0) is 27.0. The Kier molecular flexibility index (Phi) is 8.10. The maximum Gasteiger partial charge on any atom is 0.0638 e. The van der Waals surface area contributed by atoms with Crippen LogP contribution in [0.4, 0.5) is 28.4 Å². The van der Waals surface area contributed by atoms with E-state index in [2.05, 4.69) is 102 Å². The van der Waals surface area contributed by atoms with Gasteiger partial charge in [-0.15, -0.1) is 0 Å². The topological polar surface area (TPSA) is 54.7 Å². The Labute approximate surface area is 231 Å². The van der Waals surface area contributed by atoms with E-state index >= 15 is 0 Å². The molecule has 0 bridgehead atoms. The lowest BCUT2D eigenvalue weighted by Gasteiger charge is -2.26. The van der Waals surface area contributed by atoms with Crippen molar-refractivity contribution in [3.8, 4) is 0 Å². The summed E-state index contributed by atoms with van der Waals surface area (Å²) in [7, 11) is 4.18. The number of para-hydroxylation sites is 1. The number of aliphatic imine (C=N–C) groups is 1. The molecular weight excluding hydrogens is 478 g/mol. The molecule has 0 aliphatic heterocycles. The summed E-state index contributed by atoms with van der Waals surface area (Å²) in [6, 6.07) is 36.0. The summed E-state index contributed by atoms with van der Waals surface area (Å²) < 4.78 is 0. The van der Waals surface area contributed by atoms with E-state index in [0.717, 1.165) is 47.2 Å². The first kappa shape index (κ1) is 25.9. The third-order valence-corrected chi connectivity index (χ3v) is 6.39. The van der Waals surface area contributed by atoms with Crippen molar-refractivity contribution in [1.29, 1.82) is 5.41 Å². The normalized spacial score (nSPS) is 12.6. The first-order valence-electron chi connectivity index (χ1n) is 13.1. The zero-order valence-electron chi connectivity index (χ0n) is 22.4. The summed E-state index contributed by atoms with van der Waals surface area (Å²) in [5.41, 5.74) is 9.08. The van der Waals surface area contributed by atoms with Crippen molar-refractivity contribution in [2.45, 2.75) is 13.1 Å². The molecule has 5 nitrogen and oxygen atoms in total. The van der Waals surface area contributed by atoms with Gasteiger partial charge in [-0.2, -0.15) is 0 Å². The van der Waals surface area contributed by atoms with E-state index in [4.69, 9.17) is 10.4 Å². The Hall–Kier alpha value is -4.74. The number of anilines is 4. The molecule has 0 saturated carbocycles. The van der Waals surface area contributed by atoms with Crippen LogP contribution in [0.25, 0.3) is 0 Å². The van der Waals surface area contributed by atoms with E-state index in [0.29, 0.717) is 5.71 Å². The largest absolute Gasteiger partial charge is 0.356 e. The molecule has 39 heavy (non-hydrogen) atoms. The summed E-state index contributed by atoms with van der Waals surface area (Å²) in [6.45, 7) is 1.67. The Balaban J connectivity index is 1.40. The first-order valence-corrected chi connectivity index (χ1v) is 13.1. The van der Waals surface area contributed by atoms with E-state index in [-0.39, 0.29) is 0 Å². The van der Waals surface area contributed by atoms with Crippen LogP contribution in [-0.2, 0) is 13.1 Å². The molecular formula is C34H33N5. The maximum atomic E-state index is 7.68. The van der Waals surface area contributed by atoms with Crippen molar-refractivity contribution in [2.75, 3.05) is 24.3 Å². The summed E-state index contributed by atoms with van der Waals surface area (Å²) in [5.74, 6) is 0. The van der Waals surface area contributed by atoms with Gasteiger partial charge in [0.15, 0.2) is 0 Å². The molecule has 0 amide bonds. The molecule has 0 unspecified atom stereocenters. The smallest absolute Gasteiger partial charge is 0.0638 e. The number of nitrogens with zero attached hydrogens (tertiary/aromatic N) is 3. The van der Waals surface area contributed by atoms with Gasteiger partial charge in [0.1, 0.15) is 0 Å². The fourth-order valence-corrected chi connectivity index (χ4v) is 4.43. The van der Waals surface area contributed by atoms with Crippen LogP contribution in [-0.4, -0.2) is 30.4 Å². The number of nitrogens with one attached hydrogen (secondary N) is 2. The van der Waals surface area contributed by atoms with Crippen LogP contribution in [0.5, 0.6) is 0 Å². The average Bonchev–Trinajstić information content (AvgIpc) is 2.95. The molecule has 5 rings (SSSR count). The second-order valence-electron chi connectivity index (χ2n) is 9.85. The lowest BCUT2D eigenvalue weighted by atomic mass is 10.1. The third kappa shape index (κ3) is 7.18. The molecule has 1 aliphatic rings. The van der Waals surface area contributed by atoms with Crippen molar-refractivity contribution in [1.82, 2.24) is 4.90 Å². The molecule has 1 aliphatic carbocycles. The molecule has 0 atom stereocenters. The van der Waals surface area contributed by atoms with E-state index < -0.39 is 0 Å². The van der Waals surface area contributed by atoms with Crippen LogP contribution in [0, 0.1) is 5.41 Å². The summed E-state index contributed by atoms with van der Waals surface area (Å²) in [5, 5.41) is 11.1. The third-order valence-electron chi connectivity index (χ3n) is 6.39. The SMILES string of the molecule is CN(C)Cc1ccc(CN(c2ccc(N=C3C=CC(=N)C=C3)cc2)c2ccc(Nc3ccccc3)cc2)cc1. The highest BCUT2D eigenvalue weighted by Crippen LogP contribution is 2.31. The summed E-state index contributed by atoms with van der Waals surface area (Å²) >= 11 is 0. The molecule has 0 heterocycles. The van der Waals surface area contributed by atoms with Crippen LogP contribution in [0.2, 0.25) is 0 Å². The van der Waals surface area contributed by atoms with Crippen molar-refractivity contribution in [3.05, 3.63) is 139 Å². The molecule has 0 fully saturated rings. The van der Waals surface area contributed by atoms with Crippen molar-refractivity contribution in [2.24, 2.45) is 4.99 Å². The summed E-state index contributed by atoms with van der Waals surface area (Å²) in [4.78, 5) is 9.22. The minimum Gasteiger partial charge on any atom is -0.356 e. The minimum atomic E-state index is 0.486. The molecule has 194 valence electrons. The predicted octanol–water partition coefficient (Wildman–Crippen LogP) is 8.05. The second kappa shape index (κ2) is 12.2. The lowest BCUT2D eigenvalue weighted by Crippen LogP contribution is -2.16. The highest BCUT2D eigenvalue weighted by Gasteiger charge is 2.12. The molecule has 0 saturated heterocycles. The van der Waals surface area contributed by atoms with Gasteiger partial charge in [-0.25, -0.2) is 4.99 Å². The molecule has 0 aromatic heterocycles. The van der Waals surface area contributed by atoms with Gasteiger partial charge in [0.25, 0.3) is 0 Å². The highest BCUT2D eigenvalue weighted by atomic mass is 15.1. The van der Waals surface area contributed by atoms with Crippen LogP contribution < -0.4 is 10.2 Å². The van der Waals surface area contributed by atoms with E-state index in [1.54, 1.807) is 12.2 Å². The Morgan fingerprint density at radius 1 is 0.615 bits per heavy atom. The van der Waals surface area contributed by atoms with Gasteiger partial charge >= 0.3 is 0 Å². The standard InChI is InChI=1S/C34H33N5/c1-38(2)24-26-8-10-27(11-9-26)25-39(33-20-16-31(17-21-33)36-29-6-4-3-5-7-29)34-22-18-32(19-23-34)37-30-14-12-28(35)13-15-30/h3-23,35-36H,24-25H2,1-2H3. The van der Waals surface area contributed by atoms with Crippen LogP contribution in [0.15, 0.2) is 132 Å².